The number of nitrogens with two attached hydrogens (primary N) is 1. The van der Waals surface area contributed by atoms with Gasteiger partial charge in [-0.3, -0.25) is 5.41 Å². The Labute approximate surface area is 126 Å². The molecule has 21 heavy (non-hydrogen) atoms. The second-order valence-electron chi connectivity index (χ2n) is 5.24. The average Bonchev–Trinajstić information content (AvgIpc) is 2.45. The predicted octanol–water partition coefficient (Wildman–Crippen LogP) is 1.94. The summed E-state index contributed by atoms with van der Waals surface area (Å²) in [5.74, 6) is 0.785. The topological polar surface area (TPSA) is 94.1 Å². The fraction of sp³-hybridized carbons (Fsp3) is 0.667. The first kappa shape index (κ1) is 17.4. The van der Waals surface area contributed by atoms with Crippen molar-refractivity contribution in [1.82, 2.24) is 10.2 Å². The van der Waals surface area contributed by atoms with Gasteiger partial charge in [-0.05, 0) is 24.3 Å². The smallest absolute Gasteiger partial charge is 0.244 e. The zero-order chi connectivity index (χ0) is 15.8. The number of hydrogen-bond donors (Lipinski definition) is 2. The van der Waals surface area contributed by atoms with Crippen LogP contribution in [0.1, 0.15) is 44.5 Å². The van der Waals surface area contributed by atoms with E-state index in [2.05, 4.69) is 24.0 Å². The molecule has 3 N–H and O–H groups in total. The van der Waals surface area contributed by atoms with E-state index >= 15 is 0 Å². The van der Waals surface area contributed by atoms with Crippen LogP contribution in [0, 0.1) is 11.3 Å². The number of hydrogen-bond acceptors (Lipinski definition) is 5. The van der Waals surface area contributed by atoms with Gasteiger partial charge >= 0.3 is 0 Å². The predicted molar refractivity (Wildman–Crippen MR) is 83.0 cm³/mol. The summed E-state index contributed by atoms with van der Waals surface area (Å²) < 4.78 is 11.1. The van der Waals surface area contributed by atoms with Crippen molar-refractivity contribution in [3.8, 4) is 5.88 Å². The van der Waals surface area contributed by atoms with E-state index in [4.69, 9.17) is 20.6 Å². The van der Waals surface area contributed by atoms with Crippen molar-refractivity contribution >= 4 is 5.84 Å². The van der Waals surface area contributed by atoms with Crippen LogP contribution in [0.2, 0.25) is 0 Å². The first-order chi connectivity index (χ1) is 10.0. The number of nitrogen functional groups attached to an aromatic ring is 1. The van der Waals surface area contributed by atoms with E-state index in [1.165, 1.54) is 0 Å². The quantitative estimate of drug-likeness (QED) is 0.412. The van der Waals surface area contributed by atoms with Gasteiger partial charge in [0.05, 0.1) is 17.9 Å². The van der Waals surface area contributed by atoms with Gasteiger partial charge in [-0.1, -0.05) is 27.7 Å². The molecular formula is C15H26N4O2. The minimum absolute atomic E-state index is 0.0328. The van der Waals surface area contributed by atoms with Crippen LogP contribution in [0.5, 0.6) is 5.88 Å². The largest absolute Gasteiger partial charge is 0.474 e. The van der Waals surface area contributed by atoms with Gasteiger partial charge in [-0.2, -0.15) is 5.10 Å². The molecule has 118 valence electrons. The minimum Gasteiger partial charge on any atom is -0.474 e. The van der Waals surface area contributed by atoms with Crippen LogP contribution in [-0.4, -0.2) is 35.9 Å². The maximum Gasteiger partial charge on any atom is 0.244 e. The van der Waals surface area contributed by atoms with Crippen molar-refractivity contribution in [3.05, 3.63) is 16.8 Å². The highest BCUT2D eigenvalue weighted by atomic mass is 16.5. The molecule has 0 saturated carbocycles. The highest BCUT2D eigenvalue weighted by Gasteiger charge is 2.17. The Hall–Kier alpha value is -1.69. The molecule has 6 heteroatoms. The lowest BCUT2D eigenvalue weighted by atomic mass is 10.0. The van der Waals surface area contributed by atoms with E-state index in [0.29, 0.717) is 37.2 Å². The Morgan fingerprint density at radius 1 is 1.19 bits per heavy atom. The van der Waals surface area contributed by atoms with Crippen molar-refractivity contribution in [3.63, 3.8) is 0 Å². The Bertz CT molecular complexity index is 475. The molecule has 0 spiro atoms. The summed E-state index contributed by atoms with van der Waals surface area (Å²) >= 11 is 0. The number of rotatable bonds is 9. The summed E-state index contributed by atoms with van der Waals surface area (Å²) in [7, 11) is 0. The molecule has 1 aromatic rings. The monoisotopic (exact) mass is 294 g/mol. The fourth-order valence-electron chi connectivity index (χ4n) is 2.05. The molecule has 0 unspecified atom stereocenters. The molecule has 0 aliphatic heterocycles. The molecule has 1 heterocycles. The molecular weight excluding hydrogens is 268 g/mol. The Morgan fingerprint density at radius 3 is 2.43 bits per heavy atom. The highest BCUT2D eigenvalue weighted by molar-refractivity contribution is 5.98. The molecule has 0 aliphatic carbocycles. The van der Waals surface area contributed by atoms with E-state index in [9.17, 15) is 0 Å². The maximum absolute atomic E-state index is 7.76. The van der Waals surface area contributed by atoms with Gasteiger partial charge in [-0.15, -0.1) is 5.10 Å². The van der Waals surface area contributed by atoms with Crippen LogP contribution < -0.4 is 10.5 Å². The van der Waals surface area contributed by atoms with E-state index in [-0.39, 0.29) is 5.84 Å². The van der Waals surface area contributed by atoms with Crippen molar-refractivity contribution in [1.29, 1.82) is 5.41 Å². The summed E-state index contributed by atoms with van der Waals surface area (Å²) in [6, 6.07) is 0. The zero-order valence-corrected chi connectivity index (χ0v) is 13.4. The molecule has 0 aliphatic rings. The second kappa shape index (κ2) is 8.56. The lowest BCUT2D eigenvalue weighted by Crippen LogP contribution is -2.20. The van der Waals surface area contributed by atoms with E-state index in [1.54, 1.807) is 0 Å². The van der Waals surface area contributed by atoms with Crippen molar-refractivity contribution in [2.75, 3.05) is 19.8 Å². The summed E-state index contributed by atoms with van der Waals surface area (Å²) in [6.07, 6.45) is 1.50. The van der Waals surface area contributed by atoms with E-state index < -0.39 is 0 Å². The lowest BCUT2D eigenvalue weighted by Gasteiger charge is -2.15. The third-order valence-corrected chi connectivity index (χ3v) is 3.00. The molecule has 0 amide bonds. The van der Waals surface area contributed by atoms with Crippen LogP contribution in [0.15, 0.2) is 0 Å². The van der Waals surface area contributed by atoms with Crippen molar-refractivity contribution in [2.45, 2.75) is 40.5 Å². The number of nitrogens with zero attached hydrogens (tertiary/aromatic N) is 2. The van der Waals surface area contributed by atoms with Gasteiger partial charge in [-0.25, -0.2) is 0 Å². The summed E-state index contributed by atoms with van der Waals surface area (Å²) in [6.45, 7) is 9.76. The summed E-state index contributed by atoms with van der Waals surface area (Å²) in [5.41, 5.74) is 8.06. The van der Waals surface area contributed by atoms with E-state index in [0.717, 1.165) is 24.1 Å². The van der Waals surface area contributed by atoms with Crippen LogP contribution >= 0.6 is 0 Å². The average molecular weight is 294 g/mol. The third kappa shape index (κ3) is 4.97. The zero-order valence-electron chi connectivity index (χ0n) is 13.4. The maximum atomic E-state index is 7.76. The molecule has 1 aromatic heterocycles. The Kier molecular flexibility index (Phi) is 7.08. The number of amidine groups is 1. The van der Waals surface area contributed by atoms with Crippen LogP contribution in [-0.2, 0) is 17.6 Å². The van der Waals surface area contributed by atoms with Gasteiger partial charge in [0.25, 0.3) is 0 Å². The number of ether oxygens (including phenoxy) is 2. The normalized spacial score (nSPS) is 10.9. The summed E-state index contributed by atoms with van der Waals surface area (Å²) in [4.78, 5) is 0. The molecule has 0 aromatic carbocycles. The molecule has 0 atom stereocenters. The molecule has 6 nitrogen and oxygen atoms in total. The van der Waals surface area contributed by atoms with Gasteiger partial charge in [0, 0.05) is 6.61 Å². The number of aromatic nitrogens is 2. The van der Waals surface area contributed by atoms with Crippen LogP contribution in [0.25, 0.3) is 0 Å². The first-order valence-electron chi connectivity index (χ1n) is 7.44. The van der Waals surface area contributed by atoms with Crippen molar-refractivity contribution in [2.24, 2.45) is 11.7 Å². The minimum atomic E-state index is -0.0328. The number of aryl methyl sites for hydroxylation is 1. The molecule has 0 saturated heterocycles. The van der Waals surface area contributed by atoms with Crippen LogP contribution in [0.3, 0.4) is 0 Å². The fourth-order valence-corrected chi connectivity index (χ4v) is 2.05. The molecule has 1 rings (SSSR count). The third-order valence-electron chi connectivity index (χ3n) is 3.00. The van der Waals surface area contributed by atoms with Gasteiger partial charge in [0.15, 0.2) is 0 Å². The van der Waals surface area contributed by atoms with Gasteiger partial charge in [0.1, 0.15) is 12.4 Å². The Morgan fingerprint density at radius 2 is 1.90 bits per heavy atom. The summed E-state index contributed by atoms with van der Waals surface area (Å²) in [5, 5.41) is 16.0. The second-order valence-corrected chi connectivity index (χ2v) is 5.24. The molecule has 0 bridgehead atoms. The lowest BCUT2D eigenvalue weighted by molar-refractivity contribution is 0.0802. The van der Waals surface area contributed by atoms with E-state index in [1.807, 2.05) is 13.8 Å². The molecule has 0 radical (unpaired) electrons. The highest BCUT2D eigenvalue weighted by Crippen LogP contribution is 2.22. The van der Waals surface area contributed by atoms with Crippen LogP contribution in [0.4, 0.5) is 0 Å². The SMILES string of the molecule is CCc1nnc(OCCOCC(C)C)c(C(=N)N)c1CC. The molecule has 0 fully saturated rings. The standard InChI is InChI=1S/C15H26N4O2/c1-5-11-12(6-2)18-19-15(13(11)14(16)17)21-8-7-20-9-10(3)4/h10H,5-9H2,1-4H3,(H3,16,17). The van der Waals surface area contributed by atoms with Crippen molar-refractivity contribution < 1.29 is 9.47 Å². The number of nitrogens with one attached hydrogen (secondary N) is 1. The first-order valence-corrected chi connectivity index (χ1v) is 7.44. The van der Waals surface area contributed by atoms with Gasteiger partial charge < -0.3 is 15.2 Å². The van der Waals surface area contributed by atoms with Gasteiger partial charge in [0.2, 0.25) is 5.88 Å². The Balaban J connectivity index is 2.80.